The van der Waals surface area contributed by atoms with E-state index in [1.807, 2.05) is 12.1 Å². The number of carbonyl (C=O) groups excluding carboxylic acids is 1. The molecule has 0 saturated carbocycles. The number of nitrogens with zero attached hydrogens (tertiary/aromatic N) is 3. The summed E-state index contributed by atoms with van der Waals surface area (Å²) in [6.07, 6.45) is 0.921. The molecule has 1 unspecified atom stereocenters. The Bertz CT molecular complexity index is 1190. The topological polar surface area (TPSA) is 67.3 Å². The van der Waals surface area contributed by atoms with Crippen LogP contribution in [0.5, 0.6) is 5.75 Å². The molecule has 0 aliphatic rings. The summed E-state index contributed by atoms with van der Waals surface area (Å²) in [5.41, 5.74) is 1.67. The Kier molecular flexibility index (Phi) is 7.99. The van der Waals surface area contributed by atoms with Crippen LogP contribution in [0.2, 0.25) is 0 Å². The molecule has 0 fully saturated rings. The smallest absolute Gasteiger partial charge is 0.286 e. The Morgan fingerprint density at radius 1 is 1.09 bits per heavy atom. The van der Waals surface area contributed by atoms with Crippen molar-refractivity contribution >= 4 is 34.3 Å². The number of hydrogen-bond acceptors (Lipinski definition) is 7. The highest BCUT2D eigenvalue weighted by molar-refractivity contribution is 7.13. The van der Waals surface area contributed by atoms with E-state index in [9.17, 15) is 9.18 Å². The zero-order valence-corrected chi connectivity index (χ0v) is 20.5. The lowest BCUT2D eigenvalue weighted by molar-refractivity contribution is 0.102. The lowest BCUT2D eigenvalue weighted by Gasteiger charge is -2.28. The molecular formula is C25H25FN4O2S2. The Labute approximate surface area is 206 Å². The second kappa shape index (κ2) is 11.3. The van der Waals surface area contributed by atoms with Gasteiger partial charge in [-0.25, -0.2) is 4.39 Å². The van der Waals surface area contributed by atoms with Crippen molar-refractivity contribution in [2.24, 2.45) is 0 Å². The third-order valence-electron chi connectivity index (χ3n) is 5.35. The standard InChI is InChI=1S/C25H25FN4O2S2/c1-17(14-22-4-3-13-33-22)30(15-18-5-11-21(32-2)12-6-18)16-23-28-29-25(34-23)24(31)27-20-9-7-19(26)8-10-20/h3-13,17H,14-16H2,1-2H3,(H,27,31). The molecule has 4 rings (SSSR count). The van der Waals surface area contributed by atoms with Crippen LogP contribution in [0.25, 0.3) is 0 Å². The lowest BCUT2D eigenvalue weighted by atomic mass is 10.1. The Morgan fingerprint density at radius 3 is 2.53 bits per heavy atom. The van der Waals surface area contributed by atoms with Gasteiger partial charge in [-0.05, 0) is 66.8 Å². The van der Waals surface area contributed by atoms with Gasteiger partial charge >= 0.3 is 0 Å². The summed E-state index contributed by atoms with van der Waals surface area (Å²) in [6, 6.07) is 18.1. The summed E-state index contributed by atoms with van der Waals surface area (Å²) < 4.78 is 18.4. The molecule has 1 N–H and O–H groups in total. The number of carbonyl (C=O) groups is 1. The number of benzene rings is 2. The third kappa shape index (κ3) is 6.47. The molecule has 6 nitrogen and oxygen atoms in total. The molecule has 0 spiro atoms. The van der Waals surface area contributed by atoms with E-state index in [0.29, 0.717) is 12.2 Å². The molecule has 2 aromatic carbocycles. The van der Waals surface area contributed by atoms with Gasteiger partial charge in [0.05, 0.1) is 13.7 Å². The molecule has 1 atom stereocenters. The van der Waals surface area contributed by atoms with Gasteiger partial charge < -0.3 is 10.1 Å². The monoisotopic (exact) mass is 496 g/mol. The zero-order chi connectivity index (χ0) is 23.9. The highest BCUT2D eigenvalue weighted by Crippen LogP contribution is 2.22. The minimum absolute atomic E-state index is 0.251. The highest BCUT2D eigenvalue weighted by Gasteiger charge is 2.20. The van der Waals surface area contributed by atoms with Crippen LogP contribution >= 0.6 is 22.7 Å². The number of ether oxygens (including phenoxy) is 1. The summed E-state index contributed by atoms with van der Waals surface area (Å²) in [7, 11) is 1.66. The van der Waals surface area contributed by atoms with Gasteiger partial charge in [0, 0.05) is 23.2 Å². The Balaban J connectivity index is 1.46. The second-order valence-electron chi connectivity index (χ2n) is 7.85. The van der Waals surface area contributed by atoms with E-state index in [4.69, 9.17) is 4.74 Å². The maximum Gasteiger partial charge on any atom is 0.286 e. The van der Waals surface area contributed by atoms with Gasteiger partial charge in [0.1, 0.15) is 16.6 Å². The Hall–Kier alpha value is -3.14. The minimum atomic E-state index is -0.358. The fourth-order valence-electron chi connectivity index (χ4n) is 3.48. The number of hydrogen-bond donors (Lipinski definition) is 1. The average molecular weight is 497 g/mol. The van der Waals surface area contributed by atoms with Crippen LogP contribution in [0.4, 0.5) is 10.1 Å². The molecule has 1 amide bonds. The van der Waals surface area contributed by atoms with Gasteiger partial charge in [0.25, 0.3) is 5.91 Å². The lowest BCUT2D eigenvalue weighted by Crippen LogP contribution is -2.33. The fraction of sp³-hybridized carbons (Fsp3) is 0.240. The van der Waals surface area contributed by atoms with Gasteiger partial charge in [0.2, 0.25) is 5.01 Å². The predicted molar refractivity (Wildman–Crippen MR) is 134 cm³/mol. The van der Waals surface area contributed by atoms with Crippen LogP contribution in [-0.2, 0) is 19.5 Å². The highest BCUT2D eigenvalue weighted by atomic mass is 32.1. The molecule has 0 saturated heterocycles. The third-order valence-corrected chi connectivity index (χ3v) is 7.15. The van der Waals surface area contributed by atoms with Crippen molar-refractivity contribution in [2.75, 3.05) is 12.4 Å². The summed E-state index contributed by atoms with van der Waals surface area (Å²) >= 11 is 3.02. The quantitative estimate of drug-likeness (QED) is 0.308. The number of halogens is 1. The van der Waals surface area contributed by atoms with E-state index in [1.54, 1.807) is 18.4 Å². The summed E-state index contributed by atoms with van der Waals surface area (Å²) in [5, 5.41) is 14.2. The van der Waals surface area contributed by atoms with Crippen LogP contribution in [0.1, 0.15) is 32.2 Å². The molecule has 0 bridgehead atoms. The first-order valence-corrected chi connectivity index (χ1v) is 12.5. The zero-order valence-electron chi connectivity index (χ0n) is 18.9. The summed E-state index contributed by atoms with van der Waals surface area (Å²) in [6.45, 7) is 3.50. The number of rotatable bonds is 10. The molecule has 2 heterocycles. The number of thiophene rings is 1. The predicted octanol–water partition coefficient (Wildman–Crippen LogP) is 5.63. The molecule has 2 aromatic heterocycles. The molecule has 34 heavy (non-hydrogen) atoms. The summed E-state index contributed by atoms with van der Waals surface area (Å²) in [4.78, 5) is 16.2. The molecule has 0 radical (unpaired) electrons. The first kappa shape index (κ1) is 24.0. The van der Waals surface area contributed by atoms with Gasteiger partial charge in [-0.3, -0.25) is 9.69 Å². The normalized spacial score (nSPS) is 12.0. The summed E-state index contributed by atoms with van der Waals surface area (Å²) in [5.74, 6) is 0.108. The molecule has 176 valence electrons. The minimum Gasteiger partial charge on any atom is -0.497 e. The van der Waals surface area contributed by atoms with Gasteiger partial charge in [-0.1, -0.05) is 29.5 Å². The molecule has 4 aromatic rings. The number of amides is 1. The number of nitrogens with one attached hydrogen (secondary N) is 1. The van der Waals surface area contributed by atoms with Crippen molar-refractivity contribution in [3.8, 4) is 5.75 Å². The molecule has 9 heteroatoms. The number of methoxy groups -OCH3 is 1. The number of aromatic nitrogens is 2. The first-order chi connectivity index (χ1) is 16.5. The fourth-order valence-corrected chi connectivity index (χ4v) is 5.07. The molecule has 0 aliphatic carbocycles. The van der Waals surface area contributed by atoms with Crippen molar-refractivity contribution in [3.63, 3.8) is 0 Å². The van der Waals surface area contributed by atoms with Crippen molar-refractivity contribution in [3.05, 3.63) is 92.3 Å². The van der Waals surface area contributed by atoms with Crippen LogP contribution in [0, 0.1) is 5.82 Å². The SMILES string of the molecule is COc1ccc(CN(Cc2nnc(C(=O)Nc3ccc(F)cc3)s2)C(C)Cc2cccs2)cc1. The molecular weight excluding hydrogens is 471 g/mol. The van der Waals surface area contributed by atoms with E-state index in [2.05, 4.69) is 57.0 Å². The van der Waals surface area contributed by atoms with E-state index in [1.165, 1.54) is 40.5 Å². The van der Waals surface area contributed by atoms with Crippen molar-refractivity contribution in [2.45, 2.75) is 32.5 Å². The van der Waals surface area contributed by atoms with Crippen molar-refractivity contribution in [1.82, 2.24) is 15.1 Å². The van der Waals surface area contributed by atoms with Gasteiger partial charge in [-0.2, -0.15) is 0 Å². The average Bonchev–Trinajstić information content (AvgIpc) is 3.53. The first-order valence-electron chi connectivity index (χ1n) is 10.8. The van der Waals surface area contributed by atoms with Crippen molar-refractivity contribution in [1.29, 1.82) is 0 Å². The second-order valence-corrected chi connectivity index (χ2v) is 9.94. The molecule has 0 aliphatic heterocycles. The van der Waals surface area contributed by atoms with E-state index in [-0.39, 0.29) is 22.8 Å². The van der Waals surface area contributed by atoms with E-state index >= 15 is 0 Å². The van der Waals surface area contributed by atoms with Crippen LogP contribution in [-0.4, -0.2) is 34.2 Å². The van der Waals surface area contributed by atoms with Crippen LogP contribution < -0.4 is 10.1 Å². The maximum absolute atomic E-state index is 13.1. The van der Waals surface area contributed by atoms with E-state index in [0.717, 1.165) is 29.3 Å². The van der Waals surface area contributed by atoms with Gasteiger partial charge in [0.15, 0.2) is 0 Å². The van der Waals surface area contributed by atoms with Crippen LogP contribution in [0.15, 0.2) is 66.0 Å². The van der Waals surface area contributed by atoms with Crippen molar-refractivity contribution < 1.29 is 13.9 Å². The number of anilines is 1. The van der Waals surface area contributed by atoms with Crippen LogP contribution in [0.3, 0.4) is 0 Å². The maximum atomic E-state index is 13.1. The Morgan fingerprint density at radius 2 is 1.85 bits per heavy atom. The van der Waals surface area contributed by atoms with Gasteiger partial charge in [-0.15, -0.1) is 21.5 Å². The largest absolute Gasteiger partial charge is 0.497 e. The van der Waals surface area contributed by atoms with E-state index < -0.39 is 0 Å².